The molecule has 0 aliphatic carbocycles. The van der Waals surface area contributed by atoms with E-state index in [1.807, 2.05) is 12.4 Å². The third-order valence-corrected chi connectivity index (χ3v) is 3.24. The van der Waals surface area contributed by atoms with Crippen LogP contribution in [-0.2, 0) is 0 Å². The minimum absolute atomic E-state index is 0.285. The van der Waals surface area contributed by atoms with Gasteiger partial charge in [0.2, 0.25) is 0 Å². The van der Waals surface area contributed by atoms with E-state index in [1.54, 1.807) is 0 Å². The predicted octanol–water partition coefficient (Wildman–Crippen LogP) is 4.18. The molecular formula is C16H20N2. The van der Waals surface area contributed by atoms with Crippen LogP contribution >= 0.6 is 0 Å². The number of anilines is 1. The number of aromatic nitrogens is 1. The Morgan fingerprint density at radius 2 is 1.56 bits per heavy atom. The number of benzene rings is 1. The first-order chi connectivity index (χ1) is 8.58. The Bertz CT molecular complexity index is 509. The van der Waals surface area contributed by atoms with Gasteiger partial charge in [0.05, 0.1) is 0 Å². The van der Waals surface area contributed by atoms with E-state index < -0.39 is 0 Å². The summed E-state index contributed by atoms with van der Waals surface area (Å²) in [6.45, 7) is 8.62. The van der Waals surface area contributed by atoms with Crippen LogP contribution in [0.3, 0.4) is 0 Å². The molecule has 0 saturated heterocycles. The average molecular weight is 240 g/mol. The molecular weight excluding hydrogens is 220 g/mol. The molecule has 94 valence electrons. The highest BCUT2D eigenvalue weighted by Gasteiger charge is 2.09. The van der Waals surface area contributed by atoms with Gasteiger partial charge in [-0.15, -0.1) is 0 Å². The maximum atomic E-state index is 4.05. The zero-order chi connectivity index (χ0) is 13.1. The number of hydrogen-bond donors (Lipinski definition) is 1. The molecule has 2 aromatic rings. The smallest absolute Gasteiger partial charge is 0.0486 e. The van der Waals surface area contributed by atoms with Crippen molar-refractivity contribution in [1.82, 2.24) is 4.98 Å². The molecule has 0 spiro atoms. The van der Waals surface area contributed by atoms with Crippen LogP contribution in [0, 0.1) is 20.8 Å². The number of pyridine rings is 1. The van der Waals surface area contributed by atoms with Crippen molar-refractivity contribution < 1.29 is 0 Å². The summed E-state index contributed by atoms with van der Waals surface area (Å²) in [5.74, 6) is 0. The first-order valence-corrected chi connectivity index (χ1v) is 6.32. The molecule has 1 unspecified atom stereocenters. The molecule has 0 aliphatic rings. The van der Waals surface area contributed by atoms with Crippen LogP contribution in [0.4, 0.5) is 5.69 Å². The minimum atomic E-state index is 0.285. The molecule has 1 heterocycles. The van der Waals surface area contributed by atoms with Crippen molar-refractivity contribution in [3.63, 3.8) is 0 Å². The highest BCUT2D eigenvalue weighted by Crippen LogP contribution is 2.26. The molecule has 2 heteroatoms. The standard InChI is InChI=1S/C16H20N2/c1-11-9-12(2)16(13(3)10-11)18-14(4)15-5-7-17-8-6-15/h5-10,14,18H,1-4H3. The lowest BCUT2D eigenvalue weighted by molar-refractivity contribution is 0.876. The number of nitrogens with one attached hydrogen (secondary N) is 1. The van der Waals surface area contributed by atoms with E-state index in [0.717, 1.165) is 0 Å². The van der Waals surface area contributed by atoms with Gasteiger partial charge in [-0.05, 0) is 56.5 Å². The Morgan fingerprint density at radius 3 is 2.11 bits per heavy atom. The summed E-state index contributed by atoms with van der Waals surface area (Å²) < 4.78 is 0. The SMILES string of the molecule is Cc1cc(C)c(NC(C)c2ccncc2)c(C)c1. The van der Waals surface area contributed by atoms with Gasteiger partial charge in [-0.3, -0.25) is 4.98 Å². The molecule has 2 rings (SSSR count). The quantitative estimate of drug-likeness (QED) is 0.870. The van der Waals surface area contributed by atoms with Crippen LogP contribution in [-0.4, -0.2) is 4.98 Å². The fourth-order valence-electron chi connectivity index (χ4n) is 2.36. The van der Waals surface area contributed by atoms with Crippen LogP contribution in [0.5, 0.6) is 0 Å². The van der Waals surface area contributed by atoms with Gasteiger partial charge in [-0.1, -0.05) is 17.7 Å². The van der Waals surface area contributed by atoms with Crippen LogP contribution in [0.1, 0.15) is 35.2 Å². The summed E-state index contributed by atoms with van der Waals surface area (Å²) in [5, 5.41) is 3.59. The van der Waals surface area contributed by atoms with Gasteiger partial charge in [0.15, 0.2) is 0 Å². The molecule has 2 nitrogen and oxygen atoms in total. The lowest BCUT2D eigenvalue weighted by Crippen LogP contribution is -2.09. The van der Waals surface area contributed by atoms with Gasteiger partial charge in [-0.2, -0.15) is 0 Å². The third kappa shape index (κ3) is 2.70. The van der Waals surface area contributed by atoms with E-state index in [2.05, 4.69) is 62.3 Å². The van der Waals surface area contributed by atoms with E-state index in [0.29, 0.717) is 0 Å². The molecule has 1 aromatic heterocycles. The molecule has 0 fully saturated rings. The van der Waals surface area contributed by atoms with E-state index in [4.69, 9.17) is 0 Å². The molecule has 0 aliphatic heterocycles. The second-order valence-electron chi connectivity index (χ2n) is 4.92. The number of aryl methyl sites for hydroxylation is 3. The molecule has 18 heavy (non-hydrogen) atoms. The predicted molar refractivity (Wildman–Crippen MR) is 76.9 cm³/mol. The second kappa shape index (κ2) is 5.21. The van der Waals surface area contributed by atoms with Gasteiger partial charge >= 0.3 is 0 Å². The average Bonchev–Trinajstić information content (AvgIpc) is 2.34. The largest absolute Gasteiger partial charge is 0.378 e. The monoisotopic (exact) mass is 240 g/mol. The maximum Gasteiger partial charge on any atom is 0.0486 e. The van der Waals surface area contributed by atoms with Crippen molar-refractivity contribution in [3.8, 4) is 0 Å². The lowest BCUT2D eigenvalue weighted by Gasteiger charge is -2.19. The molecule has 0 radical (unpaired) electrons. The van der Waals surface area contributed by atoms with Crippen molar-refractivity contribution >= 4 is 5.69 Å². The minimum Gasteiger partial charge on any atom is -0.378 e. The Labute approximate surface area is 109 Å². The van der Waals surface area contributed by atoms with E-state index in [-0.39, 0.29) is 6.04 Å². The number of rotatable bonds is 3. The van der Waals surface area contributed by atoms with E-state index in [1.165, 1.54) is 27.9 Å². The second-order valence-corrected chi connectivity index (χ2v) is 4.92. The summed E-state index contributed by atoms with van der Waals surface area (Å²) in [7, 11) is 0. The van der Waals surface area contributed by atoms with E-state index in [9.17, 15) is 0 Å². The Morgan fingerprint density at radius 1 is 1.00 bits per heavy atom. The normalized spacial score (nSPS) is 12.2. The molecule has 1 aromatic carbocycles. The fraction of sp³-hybridized carbons (Fsp3) is 0.312. The summed E-state index contributed by atoms with van der Waals surface area (Å²) in [6.07, 6.45) is 3.67. The highest BCUT2D eigenvalue weighted by atomic mass is 14.9. The van der Waals surface area contributed by atoms with Gasteiger partial charge in [-0.25, -0.2) is 0 Å². The van der Waals surface area contributed by atoms with Crippen molar-refractivity contribution in [2.24, 2.45) is 0 Å². The third-order valence-electron chi connectivity index (χ3n) is 3.24. The van der Waals surface area contributed by atoms with Crippen LogP contribution < -0.4 is 5.32 Å². The van der Waals surface area contributed by atoms with Crippen LogP contribution in [0.25, 0.3) is 0 Å². The summed E-state index contributed by atoms with van der Waals surface area (Å²) >= 11 is 0. The number of hydrogen-bond acceptors (Lipinski definition) is 2. The Hall–Kier alpha value is -1.83. The van der Waals surface area contributed by atoms with Crippen molar-refractivity contribution in [3.05, 3.63) is 58.9 Å². The summed E-state index contributed by atoms with van der Waals surface area (Å²) in [6, 6.07) is 8.82. The maximum absolute atomic E-state index is 4.05. The molecule has 1 atom stereocenters. The first-order valence-electron chi connectivity index (χ1n) is 6.32. The first kappa shape index (κ1) is 12.6. The van der Waals surface area contributed by atoms with Gasteiger partial charge < -0.3 is 5.32 Å². The van der Waals surface area contributed by atoms with E-state index >= 15 is 0 Å². The topological polar surface area (TPSA) is 24.9 Å². The zero-order valence-electron chi connectivity index (χ0n) is 11.5. The highest BCUT2D eigenvalue weighted by molar-refractivity contribution is 5.59. The molecule has 0 bridgehead atoms. The number of nitrogens with zero attached hydrogens (tertiary/aromatic N) is 1. The van der Waals surface area contributed by atoms with Crippen molar-refractivity contribution in [1.29, 1.82) is 0 Å². The van der Waals surface area contributed by atoms with Crippen LogP contribution in [0.15, 0.2) is 36.7 Å². The van der Waals surface area contributed by atoms with Crippen molar-refractivity contribution in [2.75, 3.05) is 5.32 Å². The van der Waals surface area contributed by atoms with Gasteiger partial charge in [0.25, 0.3) is 0 Å². The lowest BCUT2D eigenvalue weighted by atomic mass is 10.0. The molecule has 1 N–H and O–H groups in total. The van der Waals surface area contributed by atoms with Gasteiger partial charge in [0.1, 0.15) is 0 Å². The summed E-state index contributed by atoms with van der Waals surface area (Å²) in [5.41, 5.74) is 6.41. The fourth-order valence-corrected chi connectivity index (χ4v) is 2.36. The molecule has 0 saturated carbocycles. The molecule has 0 amide bonds. The van der Waals surface area contributed by atoms with Gasteiger partial charge in [0, 0.05) is 24.1 Å². The van der Waals surface area contributed by atoms with Crippen LogP contribution in [0.2, 0.25) is 0 Å². The Kier molecular flexibility index (Phi) is 3.66. The summed E-state index contributed by atoms with van der Waals surface area (Å²) in [4.78, 5) is 4.05. The van der Waals surface area contributed by atoms with Crippen molar-refractivity contribution in [2.45, 2.75) is 33.7 Å². The Balaban J connectivity index is 2.25. The zero-order valence-corrected chi connectivity index (χ0v) is 11.5.